The number of carbonyl (C=O) groups is 2. The van der Waals surface area contributed by atoms with E-state index in [4.69, 9.17) is 14.0 Å². The zero-order chi connectivity index (χ0) is 28.5. The van der Waals surface area contributed by atoms with Gasteiger partial charge in [0.15, 0.2) is 23.9 Å². The molecular formula is C30H32N6O5. The van der Waals surface area contributed by atoms with Crippen molar-refractivity contribution in [2.45, 2.75) is 45.1 Å². The molecule has 1 unspecified atom stereocenters. The Morgan fingerprint density at radius 2 is 2.07 bits per heavy atom. The summed E-state index contributed by atoms with van der Waals surface area (Å²) < 4.78 is 18.7. The number of aromatic nitrogens is 4. The van der Waals surface area contributed by atoms with Gasteiger partial charge in [0.1, 0.15) is 5.82 Å². The van der Waals surface area contributed by atoms with Crippen LogP contribution >= 0.6 is 0 Å². The molecule has 1 saturated heterocycles. The smallest absolute Gasteiger partial charge is 0.258 e. The molecule has 11 nitrogen and oxygen atoms in total. The van der Waals surface area contributed by atoms with Gasteiger partial charge in [-0.1, -0.05) is 19.0 Å². The van der Waals surface area contributed by atoms with E-state index < -0.39 is 0 Å². The lowest BCUT2D eigenvalue weighted by molar-refractivity contribution is -0.123. The number of hydrogen-bond donors (Lipinski definition) is 1. The maximum absolute atomic E-state index is 13.9. The summed E-state index contributed by atoms with van der Waals surface area (Å²) in [6.45, 7) is 5.24. The van der Waals surface area contributed by atoms with E-state index in [1.165, 1.54) is 0 Å². The summed E-state index contributed by atoms with van der Waals surface area (Å²) in [6, 6.07) is 11.1. The number of nitrogens with zero attached hydrogens (tertiary/aromatic N) is 5. The lowest BCUT2D eigenvalue weighted by Crippen LogP contribution is -2.39. The van der Waals surface area contributed by atoms with Crippen LogP contribution in [0.5, 0.6) is 11.5 Å². The number of hydrogen-bond acceptors (Lipinski definition) is 8. The molecule has 2 aromatic heterocycles. The monoisotopic (exact) mass is 556 g/mol. The Morgan fingerprint density at radius 1 is 1.20 bits per heavy atom. The molecule has 0 radical (unpaired) electrons. The molecule has 2 aliphatic rings. The van der Waals surface area contributed by atoms with E-state index in [2.05, 4.69) is 20.4 Å². The number of rotatable bonds is 4. The second-order valence-corrected chi connectivity index (χ2v) is 10.7. The van der Waals surface area contributed by atoms with Gasteiger partial charge in [-0.15, -0.1) is 0 Å². The summed E-state index contributed by atoms with van der Waals surface area (Å²) in [5, 5.41) is 7.01. The number of methoxy groups -OCH3 is 1. The number of imidazole rings is 1. The van der Waals surface area contributed by atoms with Crippen LogP contribution in [0, 0.1) is 0 Å². The SMILES string of the molecule is COc1ccc2cc1OCC(=O)NCc1cc(C(=O)N3CCCC(c4nc(C(C)C)no4)C3)cc(c1)-n1ccnc1-2. The van der Waals surface area contributed by atoms with Crippen molar-refractivity contribution in [3.63, 3.8) is 0 Å². The first-order chi connectivity index (χ1) is 19.9. The fourth-order valence-corrected chi connectivity index (χ4v) is 5.28. The number of fused-ring (bicyclic) bond motifs is 7. The zero-order valence-electron chi connectivity index (χ0n) is 23.3. The lowest BCUT2D eigenvalue weighted by atomic mass is 9.97. The molecule has 2 aromatic carbocycles. The minimum absolute atomic E-state index is 0.0132. The fourth-order valence-electron chi connectivity index (χ4n) is 5.28. The summed E-state index contributed by atoms with van der Waals surface area (Å²) in [5.41, 5.74) is 2.86. The van der Waals surface area contributed by atoms with Crippen LogP contribution in [0.4, 0.5) is 0 Å². The molecular weight excluding hydrogens is 524 g/mol. The highest BCUT2D eigenvalue weighted by Gasteiger charge is 2.30. The molecule has 212 valence electrons. The lowest BCUT2D eigenvalue weighted by Gasteiger charge is -2.31. The maximum Gasteiger partial charge on any atom is 0.258 e. The molecule has 0 spiro atoms. The quantitative estimate of drug-likeness (QED) is 0.399. The molecule has 41 heavy (non-hydrogen) atoms. The van der Waals surface area contributed by atoms with Gasteiger partial charge in [0.05, 0.1) is 13.0 Å². The first-order valence-electron chi connectivity index (χ1n) is 13.8. The maximum atomic E-state index is 13.9. The van der Waals surface area contributed by atoms with Gasteiger partial charge in [0, 0.05) is 54.8 Å². The van der Waals surface area contributed by atoms with Crippen molar-refractivity contribution in [3.8, 4) is 28.6 Å². The van der Waals surface area contributed by atoms with Gasteiger partial charge in [0.25, 0.3) is 11.8 Å². The Labute approximate surface area is 237 Å². The van der Waals surface area contributed by atoms with E-state index >= 15 is 0 Å². The van der Waals surface area contributed by atoms with Crippen molar-refractivity contribution in [3.05, 3.63) is 71.6 Å². The summed E-state index contributed by atoms with van der Waals surface area (Å²) >= 11 is 0. The van der Waals surface area contributed by atoms with Crippen molar-refractivity contribution in [1.82, 2.24) is 29.9 Å². The highest BCUT2D eigenvalue weighted by molar-refractivity contribution is 5.95. The first-order valence-corrected chi connectivity index (χ1v) is 13.8. The number of piperidine rings is 1. The van der Waals surface area contributed by atoms with Gasteiger partial charge in [0.2, 0.25) is 5.89 Å². The number of amides is 2. The van der Waals surface area contributed by atoms with E-state index in [1.54, 1.807) is 25.4 Å². The largest absolute Gasteiger partial charge is 0.493 e. The standard InChI is InChI=1S/C30H32N6O5/c1-18(2)27-33-29(41-34-27)21-5-4-9-35(16-21)30(38)22-11-19-12-23(13-22)36-10-8-31-28(36)20-6-7-24(39-3)25(14-20)40-17-26(37)32-15-19/h6-8,10-14,18,21H,4-5,9,15-17H2,1-3H3,(H,32,37). The topological polar surface area (TPSA) is 125 Å². The van der Waals surface area contributed by atoms with Crippen LogP contribution in [0.1, 0.15) is 66.2 Å². The van der Waals surface area contributed by atoms with Crippen LogP contribution in [0.25, 0.3) is 17.1 Å². The van der Waals surface area contributed by atoms with Gasteiger partial charge in [-0.25, -0.2) is 4.98 Å². The van der Waals surface area contributed by atoms with Crippen LogP contribution in [-0.4, -0.2) is 63.2 Å². The minimum Gasteiger partial charge on any atom is -0.493 e. The molecule has 6 rings (SSSR count). The normalized spacial score (nSPS) is 17.0. The van der Waals surface area contributed by atoms with E-state index in [0.29, 0.717) is 47.7 Å². The molecule has 1 fully saturated rings. The predicted octanol–water partition coefficient (Wildman–Crippen LogP) is 4.08. The molecule has 1 atom stereocenters. The molecule has 0 aliphatic carbocycles. The van der Waals surface area contributed by atoms with Gasteiger partial charge in [-0.05, 0) is 54.8 Å². The minimum atomic E-state index is -0.285. The molecule has 0 saturated carbocycles. The molecule has 4 bridgehead atoms. The number of nitrogens with one attached hydrogen (secondary N) is 1. The summed E-state index contributed by atoms with van der Waals surface area (Å²) in [4.78, 5) is 37.6. The average molecular weight is 557 g/mol. The number of likely N-dealkylation sites (tertiary alicyclic amines) is 1. The second-order valence-electron chi connectivity index (χ2n) is 10.7. The Balaban J connectivity index is 1.35. The van der Waals surface area contributed by atoms with Crippen molar-refractivity contribution < 1.29 is 23.6 Å². The third kappa shape index (κ3) is 5.39. The summed E-state index contributed by atoms with van der Waals surface area (Å²) in [6.07, 6.45) is 5.28. The molecule has 4 aromatic rings. The van der Waals surface area contributed by atoms with Crippen molar-refractivity contribution in [2.24, 2.45) is 0 Å². The Morgan fingerprint density at radius 3 is 2.88 bits per heavy atom. The third-order valence-electron chi connectivity index (χ3n) is 7.45. The number of ether oxygens (including phenoxy) is 2. The predicted molar refractivity (Wildman–Crippen MR) is 149 cm³/mol. The number of carbonyl (C=O) groups excluding carboxylic acids is 2. The molecule has 2 aliphatic heterocycles. The summed E-state index contributed by atoms with van der Waals surface area (Å²) in [7, 11) is 1.55. The van der Waals surface area contributed by atoms with E-state index in [-0.39, 0.29) is 36.8 Å². The van der Waals surface area contributed by atoms with Crippen LogP contribution in [-0.2, 0) is 11.3 Å². The Hall–Kier alpha value is -4.67. The van der Waals surface area contributed by atoms with E-state index in [9.17, 15) is 9.59 Å². The summed E-state index contributed by atoms with van der Waals surface area (Å²) in [5.74, 6) is 2.67. The Kier molecular flexibility index (Phi) is 7.17. The van der Waals surface area contributed by atoms with Crippen molar-refractivity contribution >= 4 is 11.8 Å². The average Bonchev–Trinajstić information content (AvgIpc) is 3.69. The van der Waals surface area contributed by atoms with Crippen LogP contribution in [0.15, 0.2) is 53.3 Å². The molecule has 4 heterocycles. The van der Waals surface area contributed by atoms with E-state index in [1.807, 2.05) is 53.8 Å². The zero-order valence-corrected chi connectivity index (χ0v) is 23.3. The fraction of sp³-hybridized carbons (Fsp3) is 0.367. The molecule has 2 amide bonds. The highest BCUT2D eigenvalue weighted by atomic mass is 16.5. The van der Waals surface area contributed by atoms with Crippen molar-refractivity contribution in [2.75, 3.05) is 26.8 Å². The van der Waals surface area contributed by atoms with Crippen LogP contribution in [0.3, 0.4) is 0 Å². The molecule has 11 heteroatoms. The molecule has 1 N–H and O–H groups in total. The highest BCUT2D eigenvalue weighted by Crippen LogP contribution is 2.34. The first kappa shape index (κ1) is 26.5. The van der Waals surface area contributed by atoms with Gasteiger partial charge < -0.3 is 24.2 Å². The second kappa shape index (κ2) is 11.1. The van der Waals surface area contributed by atoms with Gasteiger partial charge in [-0.2, -0.15) is 4.98 Å². The third-order valence-corrected chi connectivity index (χ3v) is 7.45. The van der Waals surface area contributed by atoms with Gasteiger partial charge >= 0.3 is 0 Å². The Bertz CT molecular complexity index is 1590. The van der Waals surface area contributed by atoms with Crippen LogP contribution < -0.4 is 14.8 Å². The number of benzene rings is 2. The van der Waals surface area contributed by atoms with Gasteiger partial charge in [-0.3, -0.25) is 14.2 Å². The van der Waals surface area contributed by atoms with Crippen molar-refractivity contribution in [1.29, 1.82) is 0 Å². The van der Waals surface area contributed by atoms with E-state index in [0.717, 1.165) is 29.7 Å². The van der Waals surface area contributed by atoms with Crippen LogP contribution in [0.2, 0.25) is 0 Å².